The summed E-state index contributed by atoms with van der Waals surface area (Å²) >= 11 is 0. The first-order valence-electron chi connectivity index (χ1n) is 6.98. The van der Waals surface area contributed by atoms with Gasteiger partial charge in [0.05, 0.1) is 12.7 Å². The molecule has 0 amide bonds. The van der Waals surface area contributed by atoms with Crippen molar-refractivity contribution in [2.45, 2.75) is 46.1 Å². The van der Waals surface area contributed by atoms with Crippen LogP contribution in [-0.2, 0) is 12.0 Å². The van der Waals surface area contributed by atoms with Gasteiger partial charge in [-0.1, -0.05) is 32.9 Å². The Labute approximate surface area is 144 Å². The lowest BCUT2D eigenvalue weighted by atomic mass is 9.94. The van der Waals surface area contributed by atoms with Gasteiger partial charge in [-0.3, -0.25) is 4.99 Å². The van der Waals surface area contributed by atoms with Crippen LogP contribution in [0.15, 0.2) is 27.8 Å². The van der Waals surface area contributed by atoms with E-state index in [9.17, 15) is 0 Å². The lowest BCUT2D eigenvalue weighted by molar-refractivity contribution is 0.379. The predicted molar refractivity (Wildman–Crippen MR) is 98.3 cm³/mol. The quantitative estimate of drug-likeness (QED) is 0.259. The average Bonchev–Trinajstić information content (AvgIpc) is 2.87. The summed E-state index contributed by atoms with van der Waals surface area (Å²) in [6.07, 6.45) is 6.92. The zero-order valence-electron chi connectivity index (χ0n) is 13.6. The summed E-state index contributed by atoms with van der Waals surface area (Å²) in [5, 5.41) is 6.42. The molecule has 0 spiro atoms. The molecule has 0 saturated heterocycles. The Morgan fingerprint density at radius 1 is 1.38 bits per heavy atom. The summed E-state index contributed by atoms with van der Waals surface area (Å²) in [7, 11) is 1.75. The molecule has 0 bridgehead atoms. The van der Waals surface area contributed by atoms with Crippen LogP contribution < -0.4 is 10.6 Å². The van der Waals surface area contributed by atoms with E-state index in [0.29, 0.717) is 12.4 Å². The maximum Gasteiger partial charge on any atom is 0.213 e. The Kier molecular flexibility index (Phi) is 9.32. The zero-order valence-corrected chi connectivity index (χ0v) is 15.9. The molecule has 5 nitrogen and oxygen atoms in total. The minimum absolute atomic E-state index is 0. The largest absolute Gasteiger partial charge is 0.443 e. The smallest absolute Gasteiger partial charge is 0.213 e. The number of rotatable bonds is 5. The van der Waals surface area contributed by atoms with Crippen molar-refractivity contribution in [2.75, 3.05) is 13.6 Å². The molecule has 0 aliphatic heterocycles. The fourth-order valence-corrected chi connectivity index (χ4v) is 1.56. The third kappa shape index (κ3) is 7.50. The Hall–Kier alpha value is -1.05. The minimum atomic E-state index is -0.0162. The molecule has 1 rings (SSSR count). The highest BCUT2D eigenvalue weighted by atomic mass is 127. The topological polar surface area (TPSA) is 62.5 Å². The van der Waals surface area contributed by atoms with Crippen molar-refractivity contribution >= 4 is 29.9 Å². The van der Waals surface area contributed by atoms with E-state index < -0.39 is 0 Å². The molecule has 0 radical (unpaired) electrons. The summed E-state index contributed by atoms with van der Waals surface area (Å²) in [4.78, 5) is 8.43. The Morgan fingerprint density at radius 3 is 2.62 bits per heavy atom. The lowest BCUT2D eigenvalue weighted by Gasteiger charge is -2.13. The van der Waals surface area contributed by atoms with Crippen molar-refractivity contribution in [1.29, 1.82) is 0 Å². The number of guanidine groups is 1. The van der Waals surface area contributed by atoms with E-state index in [1.54, 1.807) is 13.2 Å². The summed E-state index contributed by atoms with van der Waals surface area (Å²) < 4.78 is 5.72. The maximum absolute atomic E-state index is 5.72. The first-order chi connectivity index (χ1) is 9.47. The van der Waals surface area contributed by atoms with E-state index in [0.717, 1.165) is 24.7 Å². The Balaban J connectivity index is 0.00000400. The highest BCUT2D eigenvalue weighted by Crippen LogP contribution is 2.22. The maximum atomic E-state index is 5.72. The van der Waals surface area contributed by atoms with E-state index in [1.165, 1.54) is 0 Å². The Morgan fingerprint density at radius 2 is 2.10 bits per heavy atom. The number of hydrogen-bond acceptors (Lipinski definition) is 3. The number of oxazole rings is 1. The van der Waals surface area contributed by atoms with Gasteiger partial charge in [-0.15, -0.1) is 24.0 Å². The van der Waals surface area contributed by atoms with Gasteiger partial charge in [0.1, 0.15) is 5.76 Å². The van der Waals surface area contributed by atoms with Crippen LogP contribution >= 0.6 is 24.0 Å². The number of halogens is 1. The lowest BCUT2D eigenvalue weighted by Crippen LogP contribution is -2.37. The SMILES string of the molecule is C/C=C/CCNC(=NC)NCc1ncc(C(C)(C)C)o1.I. The highest BCUT2D eigenvalue weighted by molar-refractivity contribution is 14.0. The predicted octanol–water partition coefficient (Wildman–Crippen LogP) is 3.22. The summed E-state index contributed by atoms with van der Waals surface area (Å²) in [6, 6.07) is 0. The van der Waals surface area contributed by atoms with Gasteiger partial charge in [0, 0.05) is 19.0 Å². The van der Waals surface area contributed by atoms with E-state index in [4.69, 9.17) is 4.42 Å². The molecule has 2 N–H and O–H groups in total. The molecular formula is C15H27IN4O. The van der Waals surface area contributed by atoms with Crippen LogP contribution in [0.5, 0.6) is 0 Å². The second-order valence-electron chi connectivity index (χ2n) is 5.58. The molecule has 0 fully saturated rings. The molecule has 1 aromatic heterocycles. The average molecular weight is 406 g/mol. The fraction of sp³-hybridized carbons (Fsp3) is 0.600. The van der Waals surface area contributed by atoms with Gasteiger partial charge in [-0.2, -0.15) is 0 Å². The molecule has 0 unspecified atom stereocenters. The second kappa shape index (κ2) is 9.81. The van der Waals surface area contributed by atoms with E-state index in [-0.39, 0.29) is 29.4 Å². The number of aliphatic imine (C=N–C) groups is 1. The van der Waals surface area contributed by atoms with Crippen molar-refractivity contribution in [2.24, 2.45) is 4.99 Å². The summed E-state index contributed by atoms with van der Waals surface area (Å²) in [5.74, 6) is 2.32. The van der Waals surface area contributed by atoms with Gasteiger partial charge in [-0.05, 0) is 13.3 Å². The van der Waals surface area contributed by atoms with Gasteiger partial charge in [-0.25, -0.2) is 4.98 Å². The zero-order chi connectivity index (χ0) is 15.0. The molecule has 120 valence electrons. The summed E-state index contributed by atoms with van der Waals surface area (Å²) in [6.45, 7) is 9.70. The first kappa shape index (κ1) is 19.9. The highest BCUT2D eigenvalue weighted by Gasteiger charge is 2.19. The van der Waals surface area contributed by atoms with Crippen molar-refractivity contribution < 1.29 is 4.42 Å². The van der Waals surface area contributed by atoms with E-state index in [2.05, 4.69) is 47.5 Å². The van der Waals surface area contributed by atoms with Gasteiger partial charge >= 0.3 is 0 Å². The van der Waals surface area contributed by atoms with Crippen LogP contribution in [-0.4, -0.2) is 24.5 Å². The monoisotopic (exact) mass is 406 g/mol. The molecule has 0 aromatic carbocycles. The number of nitrogens with one attached hydrogen (secondary N) is 2. The van der Waals surface area contributed by atoms with Crippen LogP contribution in [0.1, 0.15) is 45.8 Å². The number of hydrogen-bond donors (Lipinski definition) is 2. The standard InChI is InChI=1S/C15H26N4O.HI/c1-6-7-8-9-17-14(16-5)19-11-13-18-10-12(20-13)15(2,3)4;/h6-7,10H,8-9,11H2,1-5H3,(H2,16,17,19);1H/b7-6+;. The van der Waals surface area contributed by atoms with Gasteiger partial charge < -0.3 is 15.1 Å². The molecule has 0 atom stereocenters. The van der Waals surface area contributed by atoms with Gasteiger partial charge in [0.2, 0.25) is 5.89 Å². The third-order valence-electron chi connectivity index (χ3n) is 2.76. The van der Waals surface area contributed by atoms with Crippen LogP contribution in [0, 0.1) is 0 Å². The molecule has 21 heavy (non-hydrogen) atoms. The molecule has 1 heterocycles. The molecule has 0 aliphatic carbocycles. The van der Waals surface area contributed by atoms with Crippen molar-refractivity contribution in [1.82, 2.24) is 15.6 Å². The van der Waals surface area contributed by atoms with Crippen molar-refractivity contribution in [3.05, 3.63) is 30.0 Å². The minimum Gasteiger partial charge on any atom is -0.443 e. The molecule has 1 aromatic rings. The summed E-state index contributed by atoms with van der Waals surface area (Å²) in [5.41, 5.74) is -0.0162. The normalized spacial score (nSPS) is 12.3. The van der Waals surface area contributed by atoms with E-state index >= 15 is 0 Å². The molecule has 6 heteroatoms. The van der Waals surface area contributed by atoms with Gasteiger partial charge in [0.15, 0.2) is 5.96 Å². The number of aromatic nitrogens is 1. The van der Waals surface area contributed by atoms with Crippen molar-refractivity contribution in [3.63, 3.8) is 0 Å². The van der Waals surface area contributed by atoms with Crippen LogP contribution in [0.25, 0.3) is 0 Å². The second-order valence-corrected chi connectivity index (χ2v) is 5.58. The van der Waals surface area contributed by atoms with Crippen LogP contribution in [0.2, 0.25) is 0 Å². The molecular weight excluding hydrogens is 379 g/mol. The Bertz CT molecular complexity index is 460. The van der Waals surface area contributed by atoms with Crippen LogP contribution in [0.4, 0.5) is 0 Å². The van der Waals surface area contributed by atoms with Gasteiger partial charge in [0.25, 0.3) is 0 Å². The number of allylic oxidation sites excluding steroid dienone is 1. The van der Waals surface area contributed by atoms with Crippen LogP contribution in [0.3, 0.4) is 0 Å². The van der Waals surface area contributed by atoms with Crippen molar-refractivity contribution in [3.8, 4) is 0 Å². The first-order valence-corrected chi connectivity index (χ1v) is 6.98. The molecule has 0 saturated carbocycles. The number of nitrogens with zero attached hydrogens (tertiary/aromatic N) is 2. The fourth-order valence-electron chi connectivity index (χ4n) is 1.56. The molecule has 0 aliphatic rings. The third-order valence-corrected chi connectivity index (χ3v) is 2.76. The van der Waals surface area contributed by atoms with E-state index in [1.807, 2.05) is 13.0 Å².